The highest BCUT2D eigenvalue weighted by atomic mass is 32.2. The van der Waals surface area contributed by atoms with E-state index in [0.29, 0.717) is 18.0 Å². The topological polar surface area (TPSA) is 97.4 Å². The summed E-state index contributed by atoms with van der Waals surface area (Å²) in [4.78, 5) is 18.8. The summed E-state index contributed by atoms with van der Waals surface area (Å²) in [5.41, 5.74) is 2.38. The van der Waals surface area contributed by atoms with Gasteiger partial charge in [-0.2, -0.15) is 0 Å². The zero-order valence-electron chi connectivity index (χ0n) is 20.5. The van der Waals surface area contributed by atoms with E-state index in [0.717, 1.165) is 11.1 Å². The molecule has 2 heterocycles. The molecule has 0 aliphatic rings. The Hall–Kier alpha value is -3.07. The molecule has 0 aliphatic heterocycles. The molecular weight excluding hydrogens is 452 g/mol. The number of furan rings is 1. The summed E-state index contributed by atoms with van der Waals surface area (Å²) < 4.78 is 33.9. The first-order chi connectivity index (χ1) is 16.0. The molecule has 184 valence electrons. The highest BCUT2D eigenvalue weighted by Crippen LogP contribution is 2.21. The van der Waals surface area contributed by atoms with Crippen LogP contribution in [-0.4, -0.2) is 34.9 Å². The summed E-state index contributed by atoms with van der Waals surface area (Å²) >= 11 is 0. The number of hydrogen-bond donors (Lipinski definition) is 1. The van der Waals surface area contributed by atoms with Gasteiger partial charge in [-0.3, -0.25) is 0 Å². The van der Waals surface area contributed by atoms with Crippen LogP contribution in [0.15, 0.2) is 58.4 Å². The summed E-state index contributed by atoms with van der Waals surface area (Å²) in [5, 5.41) is 2.94. The number of amides is 2. The number of carbonyl (C=O) groups is 1. The summed E-state index contributed by atoms with van der Waals surface area (Å²) in [7, 11) is -3.70. The third-order valence-electron chi connectivity index (χ3n) is 5.15. The van der Waals surface area contributed by atoms with E-state index in [1.54, 1.807) is 34.1 Å². The van der Waals surface area contributed by atoms with Crippen LogP contribution in [0.5, 0.6) is 0 Å². The van der Waals surface area contributed by atoms with Gasteiger partial charge in [0.15, 0.2) is 0 Å². The van der Waals surface area contributed by atoms with Crippen LogP contribution in [0.25, 0.3) is 0 Å². The molecule has 3 aromatic rings. The minimum absolute atomic E-state index is 0.0277. The first-order valence-electron chi connectivity index (χ1n) is 11.5. The molecule has 0 radical (unpaired) electrons. The minimum Gasteiger partial charge on any atom is -0.467 e. The van der Waals surface area contributed by atoms with E-state index in [4.69, 9.17) is 4.42 Å². The van der Waals surface area contributed by atoms with Crippen LogP contribution >= 0.6 is 0 Å². The van der Waals surface area contributed by atoms with Gasteiger partial charge < -0.3 is 19.2 Å². The second kappa shape index (κ2) is 10.9. The summed E-state index contributed by atoms with van der Waals surface area (Å²) in [6.07, 6.45) is 3.12. The van der Waals surface area contributed by atoms with Gasteiger partial charge in [0.25, 0.3) is 0 Å². The van der Waals surface area contributed by atoms with E-state index in [-0.39, 0.29) is 42.0 Å². The van der Waals surface area contributed by atoms with E-state index in [1.165, 1.54) is 0 Å². The third kappa shape index (κ3) is 6.72. The maximum absolute atomic E-state index is 13.4. The molecule has 34 heavy (non-hydrogen) atoms. The van der Waals surface area contributed by atoms with Crippen LogP contribution in [0.3, 0.4) is 0 Å². The zero-order valence-corrected chi connectivity index (χ0v) is 21.3. The molecule has 2 aromatic heterocycles. The Morgan fingerprint density at radius 1 is 1.15 bits per heavy atom. The minimum atomic E-state index is -3.70. The number of rotatable bonds is 10. The summed E-state index contributed by atoms with van der Waals surface area (Å²) in [6, 6.07) is 10.7. The average molecular weight is 487 g/mol. The molecule has 1 N–H and O–H groups in total. The zero-order chi connectivity index (χ0) is 24.9. The fourth-order valence-corrected chi connectivity index (χ4v) is 5.23. The van der Waals surface area contributed by atoms with Gasteiger partial charge >= 0.3 is 6.03 Å². The van der Waals surface area contributed by atoms with Gasteiger partial charge in [0.05, 0.1) is 37.0 Å². The molecule has 0 aliphatic carbocycles. The Bertz CT molecular complexity index is 1200. The van der Waals surface area contributed by atoms with Gasteiger partial charge in [-0.15, -0.1) is 0 Å². The summed E-state index contributed by atoms with van der Waals surface area (Å²) in [6.45, 7) is 10.7. The van der Waals surface area contributed by atoms with Crippen molar-refractivity contribution in [1.29, 1.82) is 0 Å². The molecule has 8 nitrogen and oxygen atoms in total. The number of hydrogen-bond acceptors (Lipinski definition) is 5. The van der Waals surface area contributed by atoms with Gasteiger partial charge in [-0.1, -0.05) is 43.7 Å². The number of nitrogens with zero attached hydrogens (tertiary/aromatic N) is 3. The van der Waals surface area contributed by atoms with E-state index in [9.17, 15) is 13.2 Å². The van der Waals surface area contributed by atoms with Crippen molar-refractivity contribution in [2.24, 2.45) is 5.92 Å². The molecule has 0 saturated carbocycles. The molecular formula is C25H34N4O4S. The number of urea groups is 1. The van der Waals surface area contributed by atoms with Gasteiger partial charge in [-0.05, 0) is 44.4 Å². The number of sulfone groups is 1. The first-order valence-corrected chi connectivity index (χ1v) is 13.1. The van der Waals surface area contributed by atoms with Gasteiger partial charge in [0.2, 0.25) is 15.0 Å². The Labute approximate surface area is 201 Å². The molecule has 1 aromatic carbocycles. The Morgan fingerprint density at radius 2 is 1.91 bits per heavy atom. The Balaban J connectivity index is 1.94. The van der Waals surface area contributed by atoms with Gasteiger partial charge in [0, 0.05) is 12.6 Å². The summed E-state index contributed by atoms with van der Waals surface area (Å²) in [5.74, 6) is 0.692. The van der Waals surface area contributed by atoms with Crippen molar-refractivity contribution in [3.05, 3.63) is 71.4 Å². The lowest BCUT2D eigenvalue weighted by Gasteiger charge is -2.24. The largest absolute Gasteiger partial charge is 0.467 e. The number of benzene rings is 1. The Kier molecular flexibility index (Phi) is 8.19. The highest BCUT2D eigenvalue weighted by molar-refractivity contribution is 7.90. The van der Waals surface area contributed by atoms with Crippen LogP contribution < -0.4 is 5.32 Å². The molecule has 0 atom stereocenters. The fraction of sp³-hybridized carbons (Fsp3) is 0.440. The van der Waals surface area contributed by atoms with Crippen LogP contribution in [0.2, 0.25) is 0 Å². The molecule has 0 fully saturated rings. The van der Waals surface area contributed by atoms with E-state index in [2.05, 4.69) is 10.3 Å². The quantitative estimate of drug-likeness (QED) is 0.454. The molecule has 0 bridgehead atoms. The standard InChI is InChI=1S/C25H34N4O4S/c1-18(2)14-29-22(15-28(24(30)27-19(3)4)16-23-10-7-11-33-23)13-26-25(29)34(31,32)17-21-9-6-8-20(5)12-21/h6-13,18-19H,14-17H2,1-5H3,(H,27,30). The van der Waals surface area contributed by atoms with Crippen LogP contribution in [-0.2, 0) is 35.2 Å². The number of carbonyl (C=O) groups excluding carboxylic acids is 1. The monoisotopic (exact) mass is 486 g/mol. The molecule has 0 spiro atoms. The van der Waals surface area contributed by atoms with Crippen molar-refractivity contribution in [1.82, 2.24) is 19.8 Å². The predicted molar refractivity (Wildman–Crippen MR) is 131 cm³/mol. The molecule has 0 unspecified atom stereocenters. The maximum atomic E-state index is 13.4. The molecule has 3 rings (SSSR count). The van der Waals surface area contributed by atoms with Gasteiger partial charge in [0.1, 0.15) is 5.76 Å². The average Bonchev–Trinajstić information content (AvgIpc) is 3.37. The maximum Gasteiger partial charge on any atom is 0.318 e. The van der Waals surface area contributed by atoms with E-state index >= 15 is 0 Å². The SMILES string of the molecule is Cc1cccc(CS(=O)(=O)c2ncc(CN(Cc3ccco3)C(=O)NC(C)C)n2CC(C)C)c1. The van der Waals surface area contributed by atoms with Crippen molar-refractivity contribution in [2.45, 2.75) is 71.2 Å². The van der Waals surface area contributed by atoms with E-state index < -0.39 is 9.84 Å². The van der Waals surface area contributed by atoms with Crippen LogP contribution in [0.4, 0.5) is 4.79 Å². The number of aromatic nitrogens is 2. The predicted octanol–water partition coefficient (Wildman–Crippen LogP) is 4.53. The molecule has 9 heteroatoms. The second-order valence-corrected chi connectivity index (χ2v) is 11.2. The van der Waals surface area contributed by atoms with Gasteiger partial charge in [-0.25, -0.2) is 18.2 Å². The van der Waals surface area contributed by atoms with Crippen molar-refractivity contribution >= 4 is 15.9 Å². The van der Waals surface area contributed by atoms with Crippen molar-refractivity contribution < 1.29 is 17.6 Å². The number of nitrogens with one attached hydrogen (secondary N) is 1. The highest BCUT2D eigenvalue weighted by Gasteiger charge is 2.26. The molecule has 2 amide bonds. The number of aryl methyl sites for hydroxylation is 1. The lowest BCUT2D eigenvalue weighted by atomic mass is 10.2. The lowest BCUT2D eigenvalue weighted by molar-refractivity contribution is 0.183. The first kappa shape index (κ1) is 25.6. The Morgan fingerprint density at radius 3 is 2.53 bits per heavy atom. The third-order valence-corrected chi connectivity index (χ3v) is 6.74. The lowest BCUT2D eigenvalue weighted by Crippen LogP contribution is -2.42. The number of imidazole rings is 1. The van der Waals surface area contributed by atoms with Crippen LogP contribution in [0.1, 0.15) is 50.3 Å². The second-order valence-electron chi connectivity index (χ2n) is 9.32. The van der Waals surface area contributed by atoms with Crippen molar-refractivity contribution in [3.8, 4) is 0 Å². The normalized spacial score (nSPS) is 11.9. The van der Waals surface area contributed by atoms with Crippen molar-refractivity contribution in [3.63, 3.8) is 0 Å². The smallest absolute Gasteiger partial charge is 0.318 e. The van der Waals surface area contributed by atoms with E-state index in [1.807, 2.05) is 58.9 Å². The van der Waals surface area contributed by atoms with Crippen LogP contribution in [0, 0.1) is 12.8 Å². The fourth-order valence-electron chi connectivity index (χ4n) is 3.74. The molecule has 0 saturated heterocycles. The van der Waals surface area contributed by atoms with Crippen molar-refractivity contribution in [2.75, 3.05) is 0 Å².